The van der Waals surface area contributed by atoms with Crippen molar-refractivity contribution in [3.05, 3.63) is 28.8 Å². The fourth-order valence-electron chi connectivity index (χ4n) is 1.25. The molecule has 0 saturated carbocycles. The van der Waals surface area contributed by atoms with Crippen molar-refractivity contribution in [2.24, 2.45) is 0 Å². The molecule has 0 fully saturated rings. The zero-order valence-electron chi connectivity index (χ0n) is 10.4. The molecule has 0 radical (unpaired) electrons. The first-order valence-corrected chi connectivity index (χ1v) is 5.69. The molecule has 1 rings (SSSR count). The second-order valence-electron chi connectivity index (χ2n) is 4.83. The number of nitrogens with one attached hydrogen (secondary N) is 2. The van der Waals surface area contributed by atoms with Crippen LogP contribution in [-0.4, -0.2) is 22.6 Å². The summed E-state index contributed by atoms with van der Waals surface area (Å²) in [5.74, 6) is -1.08. The highest BCUT2D eigenvalue weighted by Crippen LogP contribution is 2.23. The third kappa shape index (κ3) is 4.25. The molecular weight excluding hydrogens is 256 g/mol. The van der Waals surface area contributed by atoms with Crippen LogP contribution in [0, 0.1) is 0 Å². The van der Waals surface area contributed by atoms with Gasteiger partial charge in [0.05, 0.1) is 16.3 Å². The standard InChI is InChI=1S/C12H15ClN2O3/c1-12(2,3)15-11(18)14-9-6-7(10(16)17)4-5-8(9)13/h4-6H,1-3H3,(H,16,17)(H2,14,15,18). The average molecular weight is 271 g/mol. The van der Waals surface area contributed by atoms with Gasteiger partial charge in [0.2, 0.25) is 0 Å². The number of carboxylic acid groups (broad SMARTS) is 1. The van der Waals surface area contributed by atoms with E-state index in [0.29, 0.717) is 0 Å². The summed E-state index contributed by atoms with van der Waals surface area (Å²) in [5, 5.41) is 14.3. The summed E-state index contributed by atoms with van der Waals surface area (Å²) in [4.78, 5) is 22.4. The molecule has 2 amide bonds. The Morgan fingerprint density at radius 1 is 1.28 bits per heavy atom. The number of hydrogen-bond donors (Lipinski definition) is 3. The molecule has 5 nitrogen and oxygen atoms in total. The molecule has 0 bridgehead atoms. The van der Waals surface area contributed by atoms with Gasteiger partial charge in [0.1, 0.15) is 0 Å². The van der Waals surface area contributed by atoms with E-state index in [1.165, 1.54) is 18.2 Å². The summed E-state index contributed by atoms with van der Waals surface area (Å²) in [5.41, 5.74) is -0.0650. The van der Waals surface area contributed by atoms with Crippen molar-refractivity contribution < 1.29 is 14.7 Å². The Morgan fingerprint density at radius 2 is 1.89 bits per heavy atom. The molecule has 1 aromatic carbocycles. The predicted octanol–water partition coefficient (Wildman–Crippen LogP) is 2.96. The first-order chi connectivity index (χ1) is 8.19. The van der Waals surface area contributed by atoms with Gasteiger partial charge in [0.15, 0.2) is 0 Å². The van der Waals surface area contributed by atoms with Gasteiger partial charge in [-0.3, -0.25) is 0 Å². The van der Waals surface area contributed by atoms with Crippen LogP contribution in [0.25, 0.3) is 0 Å². The van der Waals surface area contributed by atoms with Gasteiger partial charge in [0, 0.05) is 5.54 Å². The van der Waals surface area contributed by atoms with Crippen molar-refractivity contribution in [3.8, 4) is 0 Å². The molecule has 0 aromatic heterocycles. The number of hydrogen-bond acceptors (Lipinski definition) is 2. The van der Waals surface area contributed by atoms with E-state index in [9.17, 15) is 9.59 Å². The Morgan fingerprint density at radius 3 is 2.39 bits per heavy atom. The predicted molar refractivity (Wildman–Crippen MR) is 70.3 cm³/mol. The SMILES string of the molecule is CC(C)(C)NC(=O)Nc1cc(C(=O)O)ccc1Cl. The lowest BCUT2D eigenvalue weighted by Crippen LogP contribution is -2.43. The van der Waals surface area contributed by atoms with Gasteiger partial charge in [-0.2, -0.15) is 0 Å². The highest BCUT2D eigenvalue weighted by molar-refractivity contribution is 6.33. The minimum atomic E-state index is -1.08. The topological polar surface area (TPSA) is 78.4 Å². The smallest absolute Gasteiger partial charge is 0.335 e. The van der Waals surface area contributed by atoms with E-state index in [-0.39, 0.29) is 21.8 Å². The first-order valence-electron chi connectivity index (χ1n) is 5.31. The number of carboxylic acids is 1. The Bertz CT molecular complexity index is 481. The van der Waals surface area contributed by atoms with E-state index >= 15 is 0 Å². The summed E-state index contributed by atoms with van der Waals surface area (Å²) < 4.78 is 0. The van der Waals surface area contributed by atoms with E-state index in [1.54, 1.807) is 0 Å². The molecule has 98 valence electrons. The van der Waals surface area contributed by atoms with Crippen LogP contribution in [0.5, 0.6) is 0 Å². The van der Waals surface area contributed by atoms with E-state index < -0.39 is 12.0 Å². The first kappa shape index (κ1) is 14.3. The zero-order valence-corrected chi connectivity index (χ0v) is 11.1. The fraction of sp³-hybridized carbons (Fsp3) is 0.333. The van der Waals surface area contributed by atoms with Gasteiger partial charge in [-0.25, -0.2) is 9.59 Å². The minimum absolute atomic E-state index is 0.0606. The van der Waals surface area contributed by atoms with Crippen LogP contribution in [0.4, 0.5) is 10.5 Å². The summed E-state index contributed by atoms with van der Waals surface area (Å²) >= 11 is 5.88. The van der Waals surface area contributed by atoms with E-state index in [0.717, 1.165) is 0 Å². The van der Waals surface area contributed by atoms with Crippen molar-refractivity contribution >= 4 is 29.3 Å². The fourth-order valence-corrected chi connectivity index (χ4v) is 1.41. The number of amides is 2. The van der Waals surface area contributed by atoms with Gasteiger partial charge in [-0.15, -0.1) is 0 Å². The lowest BCUT2D eigenvalue weighted by atomic mass is 10.1. The zero-order chi connectivity index (χ0) is 13.9. The number of urea groups is 1. The minimum Gasteiger partial charge on any atom is -0.478 e. The monoisotopic (exact) mass is 270 g/mol. The molecular formula is C12H15ClN2O3. The number of benzene rings is 1. The van der Waals surface area contributed by atoms with E-state index in [2.05, 4.69) is 10.6 Å². The van der Waals surface area contributed by atoms with Crippen molar-refractivity contribution in [2.45, 2.75) is 26.3 Å². The maximum atomic E-state index is 11.6. The Hall–Kier alpha value is -1.75. The van der Waals surface area contributed by atoms with E-state index in [4.69, 9.17) is 16.7 Å². The Labute approximate surface area is 110 Å². The van der Waals surface area contributed by atoms with Crippen LogP contribution in [0.3, 0.4) is 0 Å². The molecule has 0 aliphatic heterocycles. The Kier molecular flexibility index (Phi) is 4.19. The molecule has 0 heterocycles. The van der Waals surface area contributed by atoms with Crippen molar-refractivity contribution in [1.82, 2.24) is 5.32 Å². The van der Waals surface area contributed by atoms with Crippen LogP contribution in [0.1, 0.15) is 31.1 Å². The molecule has 18 heavy (non-hydrogen) atoms. The second kappa shape index (κ2) is 5.27. The van der Waals surface area contributed by atoms with Crippen LogP contribution in [0.2, 0.25) is 5.02 Å². The van der Waals surface area contributed by atoms with Crippen molar-refractivity contribution in [3.63, 3.8) is 0 Å². The molecule has 0 atom stereocenters. The third-order valence-corrected chi connectivity index (χ3v) is 2.28. The van der Waals surface area contributed by atoms with Crippen molar-refractivity contribution in [2.75, 3.05) is 5.32 Å². The number of carbonyl (C=O) groups is 2. The van der Waals surface area contributed by atoms with Gasteiger partial charge < -0.3 is 15.7 Å². The molecule has 0 aliphatic rings. The lowest BCUT2D eigenvalue weighted by Gasteiger charge is -2.21. The quantitative estimate of drug-likeness (QED) is 0.773. The van der Waals surface area contributed by atoms with Crippen LogP contribution >= 0.6 is 11.6 Å². The summed E-state index contributed by atoms with van der Waals surface area (Å²) in [6.45, 7) is 5.51. The van der Waals surface area contributed by atoms with Gasteiger partial charge in [-0.1, -0.05) is 11.6 Å². The van der Waals surface area contributed by atoms with Crippen LogP contribution in [-0.2, 0) is 0 Å². The maximum absolute atomic E-state index is 11.6. The molecule has 0 aliphatic carbocycles. The summed E-state index contributed by atoms with van der Waals surface area (Å²) in [6, 6.07) is 3.68. The molecule has 6 heteroatoms. The Balaban J connectivity index is 2.87. The normalized spacial score (nSPS) is 10.9. The van der Waals surface area contributed by atoms with Gasteiger partial charge >= 0.3 is 12.0 Å². The molecule has 0 unspecified atom stereocenters. The maximum Gasteiger partial charge on any atom is 0.335 e. The van der Waals surface area contributed by atoms with Crippen molar-refractivity contribution in [1.29, 1.82) is 0 Å². The highest BCUT2D eigenvalue weighted by Gasteiger charge is 2.15. The van der Waals surface area contributed by atoms with E-state index in [1.807, 2.05) is 20.8 Å². The third-order valence-electron chi connectivity index (χ3n) is 1.95. The second-order valence-corrected chi connectivity index (χ2v) is 5.24. The van der Waals surface area contributed by atoms with Gasteiger partial charge in [0.25, 0.3) is 0 Å². The number of anilines is 1. The average Bonchev–Trinajstić information content (AvgIpc) is 2.18. The molecule has 3 N–H and O–H groups in total. The number of carbonyl (C=O) groups excluding carboxylic acids is 1. The van der Waals surface area contributed by atoms with Crippen LogP contribution in [0.15, 0.2) is 18.2 Å². The van der Waals surface area contributed by atoms with Gasteiger partial charge in [-0.05, 0) is 39.0 Å². The number of halogens is 1. The summed E-state index contributed by atoms with van der Waals surface area (Å²) in [7, 11) is 0. The lowest BCUT2D eigenvalue weighted by molar-refractivity contribution is 0.0697. The largest absolute Gasteiger partial charge is 0.478 e. The van der Waals surface area contributed by atoms with Crippen LogP contribution < -0.4 is 10.6 Å². The number of rotatable bonds is 2. The number of aromatic carboxylic acids is 1. The molecule has 0 spiro atoms. The molecule has 1 aromatic rings. The molecule has 0 saturated heterocycles. The highest BCUT2D eigenvalue weighted by atomic mass is 35.5. The summed E-state index contributed by atoms with van der Waals surface area (Å²) in [6.07, 6.45) is 0.